The molecule has 0 atom stereocenters. The number of carbonyl (C=O) groups is 1. The number of nitrogens with two attached hydrogens (primary N) is 1. The number of aromatic nitrogens is 1. The predicted octanol–water partition coefficient (Wildman–Crippen LogP) is 0.866. The van der Waals surface area contributed by atoms with Crippen LogP contribution in [0.25, 0.3) is 0 Å². The molecule has 6 heteroatoms. The molecule has 1 heterocycles. The van der Waals surface area contributed by atoms with E-state index in [0.29, 0.717) is 37.7 Å². The van der Waals surface area contributed by atoms with Crippen LogP contribution in [0, 0.1) is 0 Å². The van der Waals surface area contributed by atoms with Crippen LogP contribution in [0.2, 0.25) is 0 Å². The molecule has 3 N–H and O–H groups in total. The first-order chi connectivity index (χ1) is 8.72. The maximum Gasteiger partial charge on any atom is 0.255 e. The summed E-state index contributed by atoms with van der Waals surface area (Å²) in [7, 11) is 0. The molecular formula is C12H20N4O2. The van der Waals surface area contributed by atoms with E-state index in [1.807, 2.05) is 13.8 Å². The molecule has 0 aromatic carbocycles. The number of nitrogen functional groups attached to an aromatic ring is 1. The molecule has 0 saturated heterocycles. The molecule has 1 aromatic heterocycles. The average Bonchev–Trinajstić information content (AvgIpc) is 2.43. The van der Waals surface area contributed by atoms with Crippen LogP contribution in [-0.4, -0.2) is 42.1 Å². The third-order valence-corrected chi connectivity index (χ3v) is 2.54. The number of pyridine rings is 1. The SMILES string of the molecule is CCOCCN(CC)C(=O)c1ccc(NN)nc1. The van der Waals surface area contributed by atoms with Crippen molar-refractivity contribution in [1.29, 1.82) is 0 Å². The molecule has 0 bridgehead atoms. The van der Waals surface area contributed by atoms with Crippen LogP contribution >= 0.6 is 0 Å². The lowest BCUT2D eigenvalue weighted by Gasteiger charge is -2.20. The zero-order valence-corrected chi connectivity index (χ0v) is 10.8. The van der Waals surface area contributed by atoms with Crippen LogP contribution < -0.4 is 11.3 Å². The van der Waals surface area contributed by atoms with Crippen molar-refractivity contribution in [3.8, 4) is 0 Å². The highest BCUT2D eigenvalue weighted by Gasteiger charge is 2.14. The molecule has 1 aromatic rings. The van der Waals surface area contributed by atoms with Crippen molar-refractivity contribution in [2.24, 2.45) is 5.84 Å². The summed E-state index contributed by atoms with van der Waals surface area (Å²) in [6, 6.07) is 3.37. The lowest BCUT2D eigenvalue weighted by molar-refractivity contribution is 0.0669. The fraction of sp³-hybridized carbons (Fsp3) is 0.500. The van der Waals surface area contributed by atoms with Gasteiger partial charge in [-0.15, -0.1) is 0 Å². The van der Waals surface area contributed by atoms with Gasteiger partial charge in [0.25, 0.3) is 5.91 Å². The van der Waals surface area contributed by atoms with Gasteiger partial charge in [-0.3, -0.25) is 4.79 Å². The Kier molecular flexibility index (Phi) is 6.10. The van der Waals surface area contributed by atoms with Crippen molar-refractivity contribution in [2.75, 3.05) is 31.7 Å². The Balaban J connectivity index is 2.64. The van der Waals surface area contributed by atoms with Gasteiger partial charge in [0, 0.05) is 25.9 Å². The minimum atomic E-state index is -0.0479. The zero-order chi connectivity index (χ0) is 13.4. The van der Waals surface area contributed by atoms with E-state index in [1.54, 1.807) is 17.0 Å². The van der Waals surface area contributed by atoms with Crippen LogP contribution in [0.4, 0.5) is 5.82 Å². The highest BCUT2D eigenvalue weighted by Crippen LogP contribution is 2.07. The largest absolute Gasteiger partial charge is 0.380 e. The first-order valence-electron chi connectivity index (χ1n) is 6.02. The van der Waals surface area contributed by atoms with Crippen LogP contribution in [0.1, 0.15) is 24.2 Å². The van der Waals surface area contributed by atoms with Gasteiger partial charge in [0.15, 0.2) is 0 Å². The summed E-state index contributed by atoms with van der Waals surface area (Å²) in [5, 5.41) is 0. The number of rotatable bonds is 7. The maximum atomic E-state index is 12.1. The summed E-state index contributed by atoms with van der Waals surface area (Å²) in [5.41, 5.74) is 2.97. The highest BCUT2D eigenvalue weighted by molar-refractivity contribution is 5.94. The number of hydrogen-bond acceptors (Lipinski definition) is 5. The predicted molar refractivity (Wildman–Crippen MR) is 70.1 cm³/mol. The molecule has 0 aliphatic heterocycles. The van der Waals surface area contributed by atoms with Gasteiger partial charge in [-0.25, -0.2) is 10.8 Å². The fourth-order valence-electron chi connectivity index (χ4n) is 1.51. The molecule has 0 aliphatic carbocycles. The zero-order valence-electron chi connectivity index (χ0n) is 10.8. The fourth-order valence-corrected chi connectivity index (χ4v) is 1.51. The standard InChI is InChI=1S/C12H20N4O2/c1-3-16(7-8-18-4-2)12(17)10-5-6-11(15-13)14-9-10/h5-6,9H,3-4,7-8,13H2,1-2H3,(H,14,15). The third kappa shape index (κ3) is 3.97. The van der Waals surface area contributed by atoms with E-state index < -0.39 is 0 Å². The molecular weight excluding hydrogens is 232 g/mol. The van der Waals surface area contributed by atoms with Crippen molar-refractivity contribution in [3.05, 3.63) is 23.9 Å². The first kappa shape index (κ1) is 14.4. The van der Waals surface area contributed by atoms with Crippen LogP contribution in [0.15, 0.2) is 18.3 Å². The minimum absolute atomic E-state index is 0.0479. The van der Waals surface area contributed by atoms with Crippen molar-refractivity contribution in [3.63, 3.8) is 0 Å². The van der Waals surface area contributed by atoms with Gasteiger partial charge in [0.05, 0.1) is 12.2 Å². The molecule has 0 fully saturated rings. The van der Waals surface area contributed by atoms with E-state index in [4.69, 9.17) is 10.6 Å². The van der Waals surface area contributed by atoms with E-state index >= 15 is 0 Å². The monoisotopic (exact) mass is 252 g/mol. The average molecular weight is 252 g/mol. The van der Waals surface area contributed by atoms with Gasteiger partial charge in [0.2, 0.25) is 0 Å². The molecule has 0 spiro atoms. The van der Waals surface area contributed by atoms with Gasteiger partial charge < -0.3 is 15.1 Å². The van der Waals surface area contributed by atoms with Crippen LogP contribution in [0.5, 0.6) is 0 Å². The second-order valence-electron chi connectivity index (χ2n) is 3.66. The number of nitrogens with one attached hydrogen (secondary N) is 1. The Labute approximate surface area is 107 Å². The van der Waals surface area contributed by atoms with Gasteiger partial charge >= 0.3 is 0 Å². The van der Waals surface area contributed by atoms with E-state index in [-0.39, 0.29) is 5.91 Å². The summed E-state index contributed by atoms with van der Waals surface area (Å²) < 4.78 is 5.25. The summed E-state index contributed by atoms with van der Waals surface area (Å²) in [5.74, 6) is 5.70. The Bertz CT molecular complexity index is 367. The van der Waals surface area contributed by atoms with Crippen molar-refractivity contribution in [2.45, 2.75) is 13.8 Å². The van der Waals surface area contributed by atoms with Gasteiger partial charge in [0.1, 0.15) is 5.82 Å². The molecule has 0 aliphatic rings. The number of ether oxygens (including phenoxy) is 1. The van der Waals surface area contributed by atoms with E-state index in [0.717, 1.165) is 0 Å². The lowest BCUT2D eigenvalue weighted by Crippen LogP contribution is -2.34. The van der Waals surface area contributed by atoms with Gasteiger partial charge in [-0.2, -0.15) is 0 Å². The third-order valence-electron chi connectivity index (χ3n) is 2.54. The molecule has 0 saturated carbocycles. The van der Waals surface area contributed by atoms with E-state index in [1.165, 1.54) is 6.20 Å². The summed E-state index contributed by atoms with van der Waals surface area (Å²) in [6.45, 7) is 6.30. The quantitative estimate of drug-likeness (QED) is 0.427. The molecule has 1 rings (SSSR count). The lowest BCUT2D eigenvalue weighted by atomic mass is 10.2. The summed E-state index contributed by atoms with van der Waals surface area (Å²) in [4.78, 5) is 17.9. The minimum Gasteiger partial charge on any atom is -0.380 e. The number of anilines is 1. The van der Waals surface area contributed by atoms with Gasteiger partial charge in [-0.1, -0.05) is 0 Å². The topological polar surface area (TPSA) is 80.5 Å². The number of nitrogens with zero attached hydrogens (tertiary/aromatic N) is 2. The summed E-state index contributed by atoms with van der Waals surface area (Å²) >= 11 is 0. The Morgan fingerprint density at radius 2 is 2.28 bits per heavy atom. The molecule has 6 nitrogen and oxygen atoms in total. The smallest absolute Gasteiger partial charge is 0.255 e. The van der Waals surface area contributed by atoms with Crippen LogP contribution in [-0.2, 0) is 4.74 Å². The van der Waals surface area contributed by atoms with Crippen LogP contribution in [0.3, 0.4) is 0 Å². The molecule has 100 valence electrons. The number of carbonyl (C=O) groups excluding carboxylic acids is 1. The Morgan fingerprint density at radius 1 is 1.50 bits per heavy atom. The van der Waals surface area contributed by atoms with Crippen molar-refractivity contribution in [1.82, 2.24) is 9.88 Å². The Morgan fingerprint density at radius 3 is 2.78 bits per heavy atom. The van der Waals surface area contributed by atoms with E-state index in [9.17, 15) is 4.79 Å². The Hall–Kier alpha value is -1.66. The normalized spacial score (nSPS) is 10.2. The maximum absolute atomic E-state index is 12.1. The van der Waals surface area contributed by atoms with Gasteiger partial charge in [-0.05, 0) is 26.0 Å². The number of hydrazine groups is 1. The second-order valence-corrected chi connectivity index (χ2v) is 3.66. The van der Waals surface area contributed by atoms with Crippen molar-refractivity contribution >= 4 is 11.7 Å². The van der Waals surface area contributed by atoms with E-state index in [2.05, 4.69) is 10.4 Å². The first-order valence-corrected chi connectivity index (χ1v) is 6.02. The molecule has 1 amide bonds. The second kappa shape index (κ2) is 7.62. The van der Waals surface area contributed by atoms with Crippen molar-refractivity contribution < 1.29 is 9.53 Å². The number of likely N-dealkylation sites (N-methyl/N-ethyl adjacent to an activating group) is 1. The molecule has 18 heavy (non-hydrogen) atoms. The summed E-state index contributed by atoms with van der Waals surface area (Å²) in [6.07, 6.45) is 1.51. The highest BCUT2D eigenvalue weighted by atomic mass is 16.5. The number of amides is 1. The molecule has 0 radical (unpaired) electrons. The number of hydrogen-bond donors (Lipinski definition) is 2. The molecule has 0 unspecified atom stereocenters.